The Balaban J connectivity index is 2.51. The van der Waals surface area contributed by atoms with Gasteiger partial charge in [0.05, 0.1) is 6.10 Å². The zero-order chi connectivity index (χ0) is 14.4. The summed E-state index contributed by atoms with van der Waals surface area (Å²) < 4.78 is 13.5. The molecule has 1 aromatic carbocycles. The molecule has 0 radical (unpaired) electrons. The average molecular weight is 286 g/mol. The molecule has 1 aromatic rings. The number of aliphatic hydroxyl groups excluding tert-OH is 1. The van der Waals surface area contributed by atoms with Gasteiger partial charge in [-0.05, 0) is 30.4 Å². The maximum absolute atomic E-state index is 13.5. The molecular weight excluding hydrogens is 267 g/mol. The topological polar surface area (TPSA) is 61.4 Å². The van der Waals surface area contributed by atoms with Crippen LogP contribution < -0.4 is 10.6 Å². The highest BCUT2D eigenvalue weighted by Crippen LogP contribution is 2.22. The third kappa shape index (κ3) is 5.08. The molecular formula is C13H19FN2O2S. The van der Waals surface area contributed by atoms with Gasteiger partial charge in [-0.25, -0.2) is 9.18 Å². The fraction of sp³-hybridized carbons (Fsp3) is 0.462. The van der Waals surface area contributed by atoms with Crippen LogP contribution >= 0.6 is 11.8 Å². The Labute approximate surface area is 116 Å². The van der Waals surface area contributed by atoms with Crippen LogP contribution in [-0.4, -0.2) is 30.0 Å². The van der Waals surface area contributed by atoms with Crippen molar-refractivity contribution in [3.63, 3.8) is 0 Å². The SMILES string of the molecule is CSc1ccc(NC(=O)NCC(O)C(C)C)cc1F. The Kier molecular flexibility index (Phi) is 6.11. The summed E-state index contributed by atoms with van der Waals surface area (Å²) in [7, 11) is 0. The van der Waals surface area contributed by atoms with Gasteiger partial charge in [0.15, 0.2) is 0 Å². The Morgan fingerprint density at radius 3 is 2.68 bits per heavy atom. The van der Waals surface area contributed by atoms with Crippen LogP contribution in [0, 0.1) is 11.7 Å². The van der Waals surface area contributed by atoms with Crippen molar-refractivity contribution in [2.75, 3.05) is 18.1 Å². The molecule has 1 rings (SSSR count). The Morgan fingerprint density at radius 1 is 1.47 bits per heavy atom. The molecule has 0 heterocycles. The van der Waals surface area contributed by atoms with Crippen molar-refractivity contribution in [1.29, 1.82) is 0 Å². The molecule has 0 aromatic heterocycles. The summed E-state index contributed by atoms with van der Waals surface area (Å²) in [6.45, 7) is 3.89. The number of rotatable bonds is 5. The number of urea groups is 1. The maximum Gasteiger partial charge on any atom is 0.319 e. The van der Waals surface area contributed by atoms with Gasteiger partial charge in [0.25, 0.3) is 0 Å². The summed E-state index contributed by atoms with van der Waals surface area (Å²) in [6.07, 6.45) is 1.19. The smallest absolute Gasteiger partial charge is 0.319 e. The summed E-state index contributed by atoms with van der Waals surface area (Å²) in [5.74, 6) is -0.300. The number of thioether (sulfide) groups is 1. The maximum atomic E-state index is 13.5. The van der Waals surface area contributed by atoms with E-state index in [9.17, 15) is 14.3 Å². The van der Waals surface area contributed by atoms with Crippen LogP contribution in [0.5, 0.6) is 0 Å². The quantitative estimate of drug-likeness (QED) is 0.729. The van der Waals surface area contributed by atoms with Crippen molar-refractivity contribution < 1.29 is 14.3 Å². The van der Waals surface area contributed by atoms with Gasteiger partial charge in [-0.1, -0.05) is 13.8 Å². The first-order valence-corrected chi connectivity index (χ1v) is 7.23. The summed E-state index contributed by atoms with van der Waals surface area (Å²) in [6, 6.07) is 4.05. The van der Waals surface area contributed by atoms with E-state index in [1.807, 2.05) is 13.8 Å². The molecule has 0 fully saturated rings. The van der Waals surface area contributed by atoms with Crippen molar-refractivity contribution in [2.45, 2.75) is 24.8 Å². The van der Waals surface area contributed by atoms with E-state index in [4.69, 9.17) is 0 Å². The molecule has 19 heavy (non-hydrogen) atoms. The molecule has 1 unspecified atom stereocenters. The highest BCUT2D eigenvalue weighted by molar-refractivity contribution is 7.98. The van der Waals surface area contributed by atoms with Crippen LogP contribution in [0.1, 0.15) is 13.8 Å². The lowest BCUT2D eigenvalue weighted by molar-refractivity contribution is 0.126. The Hall–Kier alpha value is -1.27. The van der Waals surface area contributed by atoms with Gasteiger partial charge in [0.2, 0.25) is 0 Å². The average Bonchev–Trinajstić information content (AvgIpc) is 2.36. The van der Waals surface area contributed by atoms with Crippen molar-refractivity contribution in [1.82, 2.24) is 5.32 Å². The van der Waals surface area contributed by atoms with Gasteiger partial charge in [0.1, 0.15) is 5.82 Å². The summed E-state index contributed by atoms with van der Waals surface area (Å²) >= 11 is 1.30. The third-order valence-electron chi connectivity index (χ3n) is 2.65. The summed E-state index contributed by atoms with van der Waals surface area (Å²) in [4.78, 5) is 12.1. The fourth-order valence-electron chi connectivity index (χ4n) is 1.35. The standard InChI is InChI=1S/C13H19FN2O2S/c1-8(2)11(17)7-15-13(18)16-9-4-5-12(19-3)10(14)6-9/h4-6,8,11,17H,7H2,1-3H3,(H2,15,16,18). The van der Waals surface area contributed by atoms with E-state index in [0.717, 1.165) is 0 Å². The van der Waals surface area contributed by atoms with Crippen molar-refractivity contribution in [3.05, 3.63) is 24.0 Å². The number of carbonyl (C=O) groups excluding carboxylic acids is 1. The van der Waals surface area contributed by atoms with Crippen LogP contribution in [0.4, 0.5) is 14.9 Å². The number of nitrogens with one attached hydrogen (secondary N) is 2. The predicted molar refractivity (Wildman–Crippen MR) is 76.0 cm³/mol. The second-order valence-corrected chi connectivity index (χ2v) is 5.34. The van der Waals surface area contributed by atoms with E-state index in [2.05, 4.69) is 10.6 Å². The van der Waals surface area contributed by atoms with E-state index in [1.165, 1.54) is 17.8 Å². The van der Waals surface area contributed by atoms with E-state index in [-0.39, 0.29) is 18.3 Å². The minimum Gasteiger partial charge on any atom is -0.391 e. The van der Waals surface area contributed by atoms with Gasteiger partial charge < -0.3 is 15.7 Å². The van der Waals surface area contributed by atoms with E-state index < -0.39 is 12.1 Å². The monoisotopic (exact) mass is 286 g/mol. The van der Waals surface area contributed by atoms with Crippen molar-refractivity contribution in [2.24, 2.45) is 5.92 Å². The number of benzene rings is 1. The summed E-state index contributed by atoms with van der Waals surface area (Å²) in [5.41, 5.74) is 0.381. The Bertz CT molecular complexity index is 441. The zero-order valence-corrected chi connectivity index (χ0v) is 12.1. The molecule has 3 N–H and O–H groups in total. The highest BCUT2D eigenvalue weighted by Gasteiger charge is 2.11. The molecule has 0 spiro atoms. The van der Waals surface area contributed by atoms with Gasteiger partial charge in [-0.2, -0.15) is 0 Å². The van der Waals surface area contributed by atoms with E-state index >= 15 is 0 Å². The molecule has 0 aliphatic carbocycles. The number of hydrogen-bond acceptors (Lipinski definition) is 3. The molecule has 2 amide bonds. The lowest BCUT2D eigenvalue weighted by Gasteiger charge is -2.15. The van der Waals surface area contributed by atoms with E-state index in [0.29, 0.717) is 10.6 Å². The zero-order valence-electron chi connectivity index (χ0n) is 11.2. The highest BCUT2D eigenvalue weighted by atomic mass is 32.2. The van der Waals surface area contributed by atoms with Crippen LogP contribution in [0.3, 0.4) is 0 Å². The van der Waals surface area contributed by atoms with Gasteiger partial charge in [0, 0.05) is 17.1 Å². The van der Waals surface area contributed by atoms with Crippen LogP contribution in [-0.2, 0) is 0 Å². The predicted octanol–water partition coefficient (Wildman–Crippen LogP) is 2.69. The minimum atomic E-state index is -0.596. The summed E-state index contributed by atoms with van der Waals surface area (Å²) in [5, 5.41) is 14.6. The molecule has 6 heteroatoms. The molecule has 0 bridgehead atoms. The first-order chi connectivity index (χ1) is 8.93. The largest absolute Gasteiger partial charge is 0.391 e. The van der Waals surface area contributed by atoms with Gasteiger partial charge in [-0.3, -0.25) is 0 Å². The molecule has 0 saturated heterocycles. The van der Waals surface area contributed by atoms with Crippen LogP contribution in [0.25, 0.3) is 0 Å². The second kappa shape index (κ2) is 7.35. The molecule has 0 aliphatic rings. The lowest BCUT2D eigenvalue weighted by atomic mass is 10.1. The molecule has 1 atom stereocenters. The van der Waals surface area contributed by atoms with Gasteiger partial charge in [-0.15, -0.1) is 11.8 Å². The number of anilines is 1. The first kappa shape index (κ1) is 15.8. The van der Waals surface area contributed by atoms with Gasteiger partial charge >= 0.3 is 6.03 Å². The lowest BCUT2D eigenvalue weighted by Crippen LogP contribution is -2.37. The van der Waals surface area contributed by atoms with Crippen LogP contribution in [0.2, 0.25) is 0 Å². The number of halogens is 1. The third-order valence-corrected chi connectivity index (χ3v) is 3.42. The number of aliphatic hydroxyl groups is 1. The number of amides is 2. The molecule has 106 valence electrons. The fourth-order valence-corrected chi connectivity index (χ4v) is 1.81. The van der Waals surface area contributed by atoms with Crippen molar-refractivity contribution >= 4 is 23.5 Å². The normalized spacial score (nSPS) is 12.3. The number of hydrogen-bond donors (Lipinski definition) is 3. The Morgan fingerprint density at radius 2 is 2.16 bits per heavy atom. The minimum absolute atomic E-state index is 0.0682. The van der Waals surface area contributed by atoms with Crippen LogP contribution in [0.15, 0.2) is 23.1 Å². The number of carbonyl (C=O) groups is 1. The van der Waals surface area contributed by atoms with Crippen molar-refractivity contribution in [3.8, 4) is 0 Å². The molecule has 0 saturated carbocycles. The molecule has 4 nitrogen and oxygen atoms in total. The second-order valence-electron chi connectivity index (χ2n) is 4.50. The first-order valence-electron chi connectivity index (χ1n) is 6.00. The van der Waals surface area contributed by atoms with E-state index in [1.54, 1.807) is 18.4 Å². The molecule has 0 aliphatic heterocycles.